The molecule has 0 saturated carbocycles. The molecule has 6 heteroatoms. The predicted octanol–water partition coefficient (Wildman–Crippen LogP) is 1.45. The summed E-state index contributed by atoms with van der Waals surface area (Å²) in [6, 6.07) is 5.42. The highest BCUT2D eigenvalue weighted by atomic mass is 19.1. The number of H-pyrrole nitrogens is 1. The van der Waals surface area contributed by atoms with Gasteiger partial charge < -0.3 is 10.6 Å². The number of benzene rings is 1. The van der Waals surface area contributed by atoms with E-state index in [2.05, 4.69) is 20.8 Å². The number of aromatic amines is 1. The maximum atomic E-state index is 12.8. The Morgan fingerprint density at radius 3 is 2.89 bits per heavy atom. The second kappa shape index (κ2) is 4.81. The zero-order valence-electron chi connectivity index (χ0n) is 10.2. The summed E-state index contributed by atoms with van der Waals surface area (Å²) in [4.78, 5) is 12.0. The number of aromatic nitrogens is 2. The molecule has 1 aromatic carbocycles. The van der Waals surface area contributed by atoms with E-state index >= 15 is 0 Å². The monoisotopic (exact) mass is 260 g/mol. The highest BCUT2D eigenvalue weighted by Crippen LogP contribution is 2.20. The zero-order valence-corrected chi connectivity index (χ0v) is 10.2. The fourth-order valence-electron chi connectivity index (χ4n) is 2.13. The molecule has 0 aliphatic carbocycles. The first-order valence-electron chi connectivity index (χ1n) is 6.08. The van der Waals surface area contributed by atoms with Crippen molar-refractivity contribution in [3.63, 3.8) is 0 Å². The third-order valence-corrected chi connectivity index (χ3v) is 3.14. The molecule has 0 bridgehead atoms. The molecule has 0 atom stereocenters. The fraction of sp³-hybridized carbons (Fsp3) is 0.231. The number of hydrogen-bond acceptors (Lipinski definition) is 3. The number of rotatable bonds is 2. The van der Waals surface area contributed by atoms with Gasteiger partial charge in [0.15, 0.2) is 5.82 Å². The van der Waals surface area contributed by atoms with E-state index < -0.39 is 0 Å². The largest absolute Gasteiger partial charge is 0.311 e. The van der Waals surface area contributed by atoms with Crippen LogP contribution in [0.15, 0.2) is 24.3 Å². The summed E-state index contributed by atoms with van der Waals surface area (Å²) < 4.78 is 12.8. The van der Waals surface area contributed by atoms with Gasteiger partial charge in [-0.15, -0.1) is 0 Å². The molecule has 0 spiro atoms. The number of anilines is 1. The van der Waals surface area contributed by atoms with Crippen LogP contribution in [0.2, 0.25) is 0 Å². The predicted molar refractivity (Wildman–Crippen MR) is 68.4 cm³/mol. The number of carbonyl (C=O) groups excluding carboxylic acids is 1. The van der Waals surface area contributed by atoms with Crippen LogP contribution < -0.4 is 10.6 Å². The van der Waals surface area contributed by atoms with Crippen LogP contribution in [0, 0.1) is 5.82 Å². The number of halogens is 1. The van der Waals surface area contributed by atoms with Crippen LogP contribution in [-0.4, -0.2) is 22.6 Å². The number of amides is 1. The second-order valence-electron chi connectivity index (χ2n) is 4.42. The molecule has 2 heterocycles. The molecule has 3 rings (SSSR count). The van der Waals surface area contributed by atoms with Gasteiger partial charge in [-0.25, -0.2) is 4.39 Å². The molecule has 1 aliphatic heterocycles. The van der Waals surface area contributed by atoms with Crippen molar-refractivity contribution < 1.29 is 9.18 Å². The average Bonchev–Trinajstić information content (AvgIpc) is 2.83. The number of fused-ring (bicyclic) bond motifs is 1. The van der Waals surface area contributed by atoms with E-state index in [1.54, 1.807) is 0 Å². The number of hydrogen-bond donors (Lipinski definition) is 3. The Hall–Kier alpha value is -2.21. The van der Waals surface area contributed by atoms with Crippen molar-refractivity contribution in [1.82, 2.24) is 15.5 Å². The van der Waals surface area contributed by atoms with Crippen molar-refractivity contribution in [2.75, 3.05) is 11.9 Å². The van der Waals surface area contributed by atoms with Gasteiger partial charge in [-0.2, -0.15) is 5.10 Å². The van der Waals surface area contributed by atoms with E-state index in [1.165, 1.54) is 24.3 Å². The van der Waals surface area contributed by atoms with Crippen LogP contribution in [-0.2, 0) is 13.0 Å². The SMILES string of the molecule is O=C(Nc1n[nH]c2c1CCNC2)c1ccc(F)cc1. The second-order valence-corrected chi connectivity index (χ2v) is 4.42. The lowest BCUT2D eigenvalue weighted by Crippen LogP contribution is -2.24. The van der Waals surface area contributed by atoms with Crippen LogP contribution >= 0.6 is 0 Å². The summed E-state index contributed by atoms with van der Waals surface area (Å²) in [5.41, 5.74) is 2.45. The van der Waals surface area contributed by atoms with Crippen molar-refractivity contribution in [2.24, 2.45) is 0 Å². The molecule has 3 N–H and O–H groups in total. The molecule has 0 fully saturated rings. The van der Waals surface area contributed by atoms with Crippen LogP contribution in [0.3, 0.4) is 0 Å². The molecule has 0 saturated heterocycles. The topological polar surface area (TPSA) is 69.8 Å². The van der Waals surface area contributed by atoms with Crippen molar-refractivity contribution in [3.05, 3.63) is 46.9 Å². The molecule has 0 unspecified atom stereocenters. The third-order valence-electron chi connectivity index (χ3n) is 3.14. The summed E-state index contributed by atoms with van der Waals surface area (Å²) in [5.74, 6) is -0.0848. The lowest BCUT2D eigenvalue weighted by Gasteiger charge is -2.13. The quantitative estimate of drug-likeness (QED) is 0.765. The van der Waals surface area contributed by atoms with Gasteiger partial charge in [0.2, 0.25) is 0 Å². The Morgan fingerprint density at radius 1 is 1.32 bits per heavy atom. The maximum Gasteiger partial charge on any atom is 0.256 e. The van der Waals surface area contributed by atoms with Crippen molar-refractivity contribution >= 4 is 11.7 Å². The highest BCUT2D eigenvalue weighted by Gasteiger charge is 2.18. The average molecular weight is 260 g/mol. The summed E-state index contributed by atoms with van der Waals surface area (Å²) in [7, 11) is 0. The van der Waals surface area contributed by atoms with Gasteiger partial charge in [-0.3, -0.25) is 9.89 Å². The van der Waals surface area contributed by atoms with E-state index in [-0.39, 0.29) is 11.7 Å². The standard InChI is InChI=1S/C13H13FN4O/c14-9-3-1-8(2-4-9)13(19)16-12-10-5-6-15-7-11(10)17-18-12/h1-4,15H,5-7H2,(H2,16,17,18,19). The number of nitrogens with zero attached hydrogens (tertiary/aromatic N) is 1. The van der Waals surface area contributed by atoms with E-state index in [9.17, 15) is 9.18 Å². The van der Waals surface area contributed by atoms with Crippen LogP contribution in [0.1, 0.15) is 21.6 Å². The third kappa shape index (κ3) is 2.34. The zero-order chi connectivity index (χ0) is 13.2. The maximum absolute atomic E-state index is 12.8. The lowest BCUT2D eigenvalue weighted by atomic mass is 10.1. The Kier molecular flexibility index (Phi) is 3.00. The molecule has 98 valence electrons. The first kappa shape index (κ1) is 11.9. The minimum absolute atomic E-state index is 0.284. The molecule has 1 aliphatic rings. The molecular formula is C13H13FN4O. The van der Waals surface area contributed by atoms with E-state index in [4.69, 9.17) is 0 Å². The van der Waals surface area contributed by atoms with E-state index in [0.29, 0.717) is 11.4 Å². The first-order valence-corrected chi connectivity index (χ1v) is 6.08. The molecular weight excluding hydrogens is 247 g/mol. The van der Waals surface area contributed by atoms with Gasteiger partial charge in [-0.05, 0) is 37.2 Å². The van der Waals surface area contributed by atoms with Gasteiger partial charge in [-0.1, -0.05) is 0 Å². The van der Waals surface area contributed by atoms with Gasteiger partial charge >= 0.3 is 0 Å². The smallest absolute Gasteiger partial charge is 0.256 e. The van der Waals surface area contributed by atoms with Gasteiger partial charge in [0.05, 0.1) is 5.69 Å². The molecule has 1 amide bonds. The first-order chi connectivity index (χ1) is 9.24. The number of nitrogens with one attached hydrogen (secondary N) is 3. The molecule has 5 nitrogen and oxygen atoms in total. The van der Waals surface area contributed by atoms with Crippen molar-refractivity contribution in [3.8, 4) is 0 Å². The van der Waals surface area contributed by atoms with Crippen LogP contribution in [0.4, 0.5) is 10.2 Å². The van der Waals surface area contributed by atoms with Gasteiger partial charge in [0.25, 0.3) is 5.91 Å². The summed E-state index contributed by atoms with van der Waals surface area (Å²) in [6.07, 6.45) is 0.824. The number of carbonyl (C=O) groups is 1. The van der Waals surface area contributed by atoms with E-state index in [0.717, 1.165) is 30.8 Å². The van der Waals surface area contributed by atoms with Gasteiger partial charge in [0, 0.05) is 17.7 Å². The minimum Gasteiger partial charge on any atom is -0.311 e. The highest BCUT2D eigenvalue weighted by molar-refractivity contribution is 6.04. The Labute approximate surface area is 109 Å². The van der Waals surface area contributed by atoms with Crippen LogP contribution in [0.5, 0.6) is 0 Å². The summed E-state index contributed by atoms with van der Waals surface area (Å²) in [5, 5.41) is 13.0. The summed E-state index contributed by atoms with van der Waals surface area (Å²) >= 11 is 0. The summed E-state index contributed by atoms with van der Waals surface area (Å²) in [6.45, 7) is 1.60. The molecule has 0 radical (unpaired) electrons. The molecule has 19 heavy (non-hydrogen) atoms. The fourth-order valence-corrected chi connectivity index (χ4v) is 2.13. The van der Waals surface area contributed by atoms with E-state index in [1.807, 2.05) is 0 Å². The van der Waals surface area contributed by atoms with Gasteiger partial charge in [0.1, 0.15) is 5.82 Å². The van der Waals surface area contributed by atoms with Crippen molar-refractivity contribution in [1.29, 1.82) is 0 Å². The molecule has 1 aromatic heterocycles. The van der Waals surface area contributed by atoms with Crippen molar-refractivity contribution in [2.45, 2.75) is 13.0 Å². The Balaban J connectivity index is 1.79. The Bertz CT molecular complexity index is 606. The molecule has 2 aromatic rings. The van der Waals surface area contributed by atoms with Crippen LogP contribution in [0.25, 0.3) is 0 Å². The minimum atomic E-state index is -0.361. The Morgan fingerprint density at radius 2 is 2.11 bits per heavy atom. The lowest BCUT2D eigenvalue weighted by molar-refractivity contribution is 0.102. The normalized spacial score (nSPS) is 13.9.